The molecule has 13 heavy (non-hydrogen) atoms. The summed E-state index contributed by atoms with van der Waals surface area (Å²) in [5.74, 6) is -0.576. The van der Waals surface area contributed by atoms with Crippen molar-refractivity contribution in [3.05, 3.63) is 35.4 Å². The lowest BCUT2D eigenvalue weighted by molar-refractivity contribution is 0.0993. The van der Waals surface area contributed by atoms with E-state index in [0.717, 1.165) is 0 Å². The third kappa shape index (κ3) is 3.07. The smallest absolute Gasteiger partial charge is 0.249 e. The average molecular weight is 179 g/mol. The molecule has 1 aromatic carbocycles. The van der Waals surface area contributed by atoms with Crippen LogP contribution in [-0.4, -0.2) is 12.2 Å². The Balaban J connectivity index is 0.000000671. The predicted octanol–water partition coefficient (Wildman–Crippen LogP) is 1.62. The zero-order chi connectivity index (χ0) is 10.3. The molecule has 0 aliphatic carbocycles. The molecule has 1 amide bonds. The largest absolute Gasteiger partial charge is 0.366 e. The maximum absolute atomic E-state index is 10.6. The minimum Gasteiger partial charge on any atom is -0.366 e. The number of amides is 1. The first-order chi connectivity index (χ1) is 6.25. The van der Waals surface area contributed by atoms with Gasteiger partial charge in [0.2, 0.25) is 5.91 Å². The standard InChI is InChI=1S/C8H7NO2.C2H6/c9-8(11)7-4-2-1-3-6(7)5-10;1-2/h1-5H,(H2,9,11);1-2H3. The van der Waals surface area contributed by atoms with Gasteiger partial charge in [0.15, 0.2) is 6.29 Å². The van der Waals surface area contributed by atoms with E-state index in [0.29, 0.717) is 11.8 Å². The van der Waals surface area contributed by atoms with Gasteiger partial charge in [-0.1, -0.05) is 32.0 Å². The summed E-state index contributed by atoms with van der Waals surface area (Å²) < 4.78 is 0. The number of hydrogen-bond donors (Lipinski definition) is 1. The Bertz CT molecular complexity index is 295. The van der Waals surface area contributed by atoms with Crippen LogP contribution >= 0.6 is 0 Å². The van der Waals surface area contributed by atoms with Gasteiger partial charge in [0.1, 0.15) is 0 Å². The Hall–Kier alpha value is -1.64. The minimum absolute atomic E-state index is 0.266. The number of aldehydes is 1. The second-order valence-electron chi connectivity index (χ2n) is 2.07. The highest BCUT2D eigenvalue weighted by Crippen LogP contribution is 2.03. The van der Waals surface area contributed by atoms with Crippen LogP contribution in [0.5, 0.6) is 0 Å². The van der Waals surface area contributed by atoms with Gasteiger partial charge in [-0.3, -0.25) is 9.59 Å². The third-order valence-electron chi connectivity index (χ3n) is 1.35. The highest BCUT2D eigenvalue weighted by Gasteiger charge is 2.04. The van der Waals surface area contributed by atoms with Crippen LogP contribution < -0.4 is 5.73 Å². The third-order valence-corrected chi connectivity index (χ3v) is 1.35. The molecule has 0 aliphatic rings. The summed E-state index contributed by atoms with van der Waals surface area (Å²) in [5.41, 5.74) is 5.59. The monoisotopic (exact) mass is 179 g/mol. The maximum atomic E-state index is 10.6. The quantitative estimate of drug-likeness (QED) is 0.701. The van der Waals surface area contributed by atoms with Gasteiger partial charge >= 0.3 is 0 Å². The topological polar surface area (TPSA) is 60.2 Å². The van der Waals surface area contributed by atoms with Crippen molar-refractivity contribution >= 4 is 12.2 Å². The SMILES string of the molecule is CC.NC(=O)c1ccccc1C=O. The van der Waals surface area contributed by atoms with Crippen molar-refractivity contribution in [1.82, 2.24) is 0 Å². The molecule has 70 valence electrons. The van der Waals surface area contributed by atoms with Crippen LogP contribution in [0.4, 0.5) is 0 Å². The molecule has 1 aromatic rings. The number of primary amides is 1. The zero-order valence-electron chi connectivity index (χ0n) is 7.78. The molecule has 0 saturated heterocycles. The van der Waals surface area contributed by atoms with E-state index in [-0.39, 0.29) is 5.56 Å². The van der Waals surface area contributed by atoms with Crippen LogP contribution in [0.25, 0.3) is 0 Å². The minimum atomic E-state index is -0.576. The molecule has 0 fully saturated rings. The van der Waals surface area contributed by atoms with Crippen LogP contribution in [0.3, 0.4) is 0 Å². The van der Waals surface area contributed by atoms with Crippen molar-refractivity contribution in [3.63, 3.8) is 0 Å². The Kier molecular flexibility index (Phi) is 5.19. The lowest BCUT2D eigenvalue weighted by atomic mass is 10.1. The molecule has 0 radical (unpaired) electrons. The normalized spacial score (nSPS) is 8.15. The molecule has 3 heteroatoms. The molecular formula is C10H13NO2. The van der Waals surface area contributed by atoms with Gasteiger partial charge in [-0.05, 0) is 6.07 Å². The second kappa shape index (κ2) is 5.94. The summed E-state index contributed by atoms with van der Waals surface area (Å²) >= 11 is 0. The molecule has 1 rings (SSSR count). The molecule has 0 heterocycles. The van der Waals surface area contributed by atoms with Gasteiger partial charge in [0, 0.05) is 11.1 Å². The Morgan fingerprint density at radius 1 is 1.31 bits per heavy atom. The fourth-order valence-electron chi connectivity index (χ4n) is 0.824. The van der Waals surface area contributed by atoms with Crippen LogP contribution in [-0.2, 0) is 0 Å². The van der Waals surface area contributed by atoms with Crippen molar-refractivity contribution in [3.8, 4) is 0 Å². The van der Waals surface area contributed by atoms with E-state index in [1.807, 2.05) is 13.8 Å². The highest BCUT2D eigenvalue weighted by molar-refractivity contribution is 6.00. The Labute approximate surface area is 77.6 Å². The van der Waals surface area contributed by atoms with Gasteiger partial charge in [-0.25, -0.2) is 0 Å². The van der Waals surface area contributed by atoms with E-state index in [1.54, 1.807) is 18.2 Å². The fourth-order valence-corrected chi connectivity index (χ4v) is 0.824. The van der Waals surface area contributed by atoms with Gasteiger partial charge in [0.05, 0.1) is 0 Å². The average Bonchev–Trinajstić information content (AvgIpc) is 2.20. The summed E-state index contributed by atoms with van der Waals surface area (Å²) in [6, 6.07) is 6.41. The summed E-state index contributed by atoms with van der Waals surface area (Å²) in [6.45, 7) is 4.00. The van der Waals surface area contributed by atoms with Crippen LogP contribution in [0.15, 0.2) is 24.3 Å². The lowest BCUT2D eigenvalue weighted by Gasteiger charge is -1.96. The summed E-state index contributed by atoms with van der Waals surface area (Å²) in [5, 5.41) is 0. The highest BCUT2D eigenvalue weighted by atomic mass is 16.1. The van der Waals surface area contributed by atoms with Crippen molar-refractivity contribution in [2.24, 2.45) is 5.73 Å². The first-order valence-electron chi connectivity index (χ1n) is 4.09. The fraction of sp³-hybridized carbons (Fsp3) is 0.200. The molecular weight excluding hydrogens is 166 g/mol. The first-order valence-corrected chi connectivity index (χ1v) is 4.09. The van der Waals surface area contributed by atoms with Crippen molar-refractivity contribution in [2.45, 2.75) is 13.8 Å². The molecule has 0 atom stereocenters. The van der Waals surface area contributed by atoms with E-state index in [9.17, 15) is 9.59 Å². The Morgan fingerprint density at radius 3 is 2.23 bits per heavy atom. The van der Waals surface area contributed by atoms with Gasteiger partial charge in [-0.15, -0.1) is 0 Å². The zero-order valence-corrected chi connectivity index (χ0v) is 7.78. The lowest BCUT2D eigenvalue weighted by Crippen LogP contribution is -2.13. The second-order valence-corrected chi connectivity index (χ2v) is 2.07. The van der Waals surface area contributed by atoms with Crippen molar-refractivity contribution in [1.29, 1.82) is 0 Å². The molecule has 0 aliphatic heterocycles. The summed E-state index contributed by atoms with van der Waals surface area (Å²) in [4.78, 5) is 21.0. The van der Waals surface area contributed by atoms with Crippen molar-refractivity contribution in [2.75, 3.05) is 0 Å². The summed E-state index contributed by atoms with van der Waals surface area (Å²) in [7, 11) is 0. The Morgan fingerprint density at radius 2 is 1.85 bits per heavy atom. The molecule has 0 saturated carbocycles. The number of carbonyl (C=O) groups is 2. The van der Waals surface area contributed by atoms with Crippen LogP contribution in [0, 0.1) is 0 Å². The van der Waals surface area contributed by atoms with Gasteiger partial charge < -0.3 is 5.73 Å². The van der Waals surface area contributed by atoms with Gasteiger partial charge in [0.25, 0.3) is 0 Å². The number of carbonyl (C=O) groups excluding carboxylic acids is 2. The molecule has 0 bridgehead atoms. The van der Waals surface area contributed by atoms with E-state index in [4.69, 9.17) is 5.73 Å². The number of benzene rings is 1. The molecule has 3 nitrogen and oxygen atoms in total. The molecule has 2 N–H and O–H groups in total. The number of rotatable bonds is 2. The van der Waals surface area contributed by atoms with E-state index >= 15 is 0 Å². The number of nitrogens with two attached hydrogens (primary N) is 1. The van der Waals surface area contributed by atoms with E-state index < -0.39 is 5.91 Å². The van der Waals surface area contributed by atoms with E-state index in [1.165, 1.54) is 6.07 Å². The van der Waals surface area contributed by atoms with Gasteiger partial charge in [-0.2, -0.15) is 0 Å². The molecule has 0 spiro atoms. The van der Waals surface area contributed by atoms with E-state index in [2.05, 4.69) is 0 Å². The molecule has 0 unspecified atom stereocenters. The summed E-state index contributed by atoms with van der Waals surface area (Å²) in [6.07, 6.45) is 0.611. The molecule has 0 aromatic heterocycles. The predicted molar refractivity (Wildman–Crippen MR) is 51.7 cm³/mol. The van der Waals surface area contributed by atoms with Crippen LogP contribution in [0.2, 0.25) is 0 Å². The first kappa shape index (κ1) is 11.4. The van der Waals surface area contributed by atoms with Crippen LogP contribution in [0.1, 0.15) is 34.6 Å². The van der Waals surface area contributed by atoms with Crippen molar-refractivity contribution < 1.29 is 9.59 Å². The maximum Gasteiger partial charge on any atom is 0.249 e. The number of hydrogen-bond acceptors (Lipinski definition) is 2.